The number of anilines is 1. The normalized spacial score (nSPS) is 11.1. The van der Waals surface area contributed by atoms with Gasteiger partial charge in [0.05, 0.1) is 31.1 Å². The molecule has 4 aromatic rings. The first-order valence-electron chi connectivity index (χ1n) is 9.50. The molecule has 0 aliphatic carbocycles. The van der Waals surface area contributed by atoms with Gasteiger partial charge in [0.1, 0.15) is 23.6 Å². The van der Waals surface area contributed by atoms with E-state index in [4.69, 9.17) is 21.1 Å². The van der Waals surface area contributed by atoms with Crippen molar-refractivity contribution in [1.29, 1.82) is 0 Å². The number of halogens is 1. The number of carbonyl (C=O) groups is 1. The Morgan fingerprint density at radius 1 is 1.16 bits per heavy atom. The number of aromatic amines is 1. The number of rotatable bonds is 5. The predicted octanol–water partition coefficient (Wildman–Crippen LogP) is 3.52. The first-order chi connectivity index (χ1) is 14.8. The van der Waals surface area contributed by atoms with Crippen molar-refractivity contribution in [3.63, 3.8) is 0 Å². The molecule has 0 aliphatic heterocycles. The monoisotopic (exact) mass is 440 g/mol. The Morgan fingerprint density at radius 2 is 1.90 bits per heavy atom. The summed E-state index contributed by atoms with van der Waals surface area (Å²) in [7, 11) is 4.56. The van der Waals surface area contributed by atoms with Gasteiger partial charge in [-0.3, -0.25) is 9.59 Å². The minimum Gasteiger partial charge on any atom is -0.495 e. The van der Waals surface area contributed by atoms with E-state index in [1.54, 1.807) is 25.4 Å². The summed E-state index contributed by atoms with van der Waals surface area (Å²) in [6, 6.07) is 9.07. The van der Waals surface area contributed by atoms with Crippen LogP contribution in [0.15, 0.2) is 41.3 Å². The molecule has 0 fully saturated rings. The van der Waals surface area contributed by atoms with Crippen LogP contribution in [0, 0.1) is 6.92 Å². The fourth-order valence-electron chi connectivity index (χ4n) is 3.53. The molecule has 1 N–H and O–H groups in total. The van der Waals surface area contributed by atoms with Gasteiger partial charge in [0.25, 0.3) is 5.56 Å². The van der Waals surface area contributed by atoms with Gasteiger partial charge >= 0.3 is 0 Å². The molecule has 0 atom stereocenters. The van der Waals surface area contributed by atoms with Gasteiger partial charge in [0, 0.05) is 29.4 Å². The molecule has 9 heteroatoms. The molecule has 2 heterocycles. The van der Waals surface area contributed by atoms with E-state index < -0.39 is 0 Å². The van der Waals surface area contributed by atoms with Crippen LogP contribution in [0.5, 0.6) is 11.5 Å². The van der Waals surface area contributed by atoms with E-state index in [2.05, 4.69) is 10.1 Å². The lowest BCUT2D eigenvalue weighted by molar-refractivity contribution is -0.119. The fourth-order valence-corrected chi connectivity index (χ4v) is 3.76. The molecule has 0 spiro atoms. The maximum atomic E-state index is 13.0. The molecule has 31 heavy (non-hydrogen) atoms. The highest BCUT2D eigenvalue weighted by molar-refractivity contribution is 6.32. The van der Waals surface area contributed by atoms with E-state index in [-0.39, 0.29) is 18.0 Å². The number of ether oxygens (including phenoxy) is 2. The van der Waals surface area contributed by atoms with Crippen LogP contribution < -0.4 is 19.9 Å². The summed E-state index contributed by atoms with van der Waals surface area (Å²) in [6.45, 7) is 1.74. The zero-order valence-corrected chi connectivity index (χ0v) is 18.3. The van der Waals surface area contributed by atoms with Crippen molar-refractivity contribution in [2.24, 2.45) is 0 Å². The second-order valence-electron chi connectivity index (χ2n) is 7.18. The van der Waals surface area contributed by atoms with Gasteiger partial charge < -0.3 is 19.4 Å². The second-order valence-corrected chi connectivity index (χ2v) is 7.59. The Labute approximate surface area is 182 Å². The van der Waals surface area contributed by atoms with Crippen LogP contribution in [0.1, 0.15) is 5.56 Å². The average Bonchev–Trinajstić information content (AvgIpc) is 3.13. The quantitative estimate of drug-likeness (QED) is 0.513. The molecule has 0 radical (unpaired) electrons. The summed E-state index contributed by atoms with van der Waals surface area (Å²) in [5.41, 5.74) is 2.43. The third-order valence-electron chi connectivity index (χ3n) is 5.24. The topological polar surface area (TPSA) is 89.4 Å². The first kappa shape index (κ1) is 20.7. The highest BCUT2D eigenvalue weighted by Gasteiger charge is 2.20. The smallest absolute Gasteiger partial charge is 0.291 e. The summed E-state index contributed by atoms with van der Waals surface area (Å²) < 4.78 is 11.7. The van der Waals surface area contributed by atoms with Gasteiger partial charge in [-0.2, -0.15) is 5.10 Å². The molecule has 2 aromatic heterocycles. The standard InChI is InChI=1S/C22H21ClN4O4/c1-12-5-6-16-13(7-12)14-10-24-27(22(29)21(14)25-16)11-20(28)26(2)17-8-15(23)18(30-3)9-19(17)31-4/h5-10,25H,11H2,1-4H3. The maximum absolute atomic E-state index is 13.0. The van der Waals surface area contributed by atoms with E-state index in [9.17, 15) is 9.59 Å². The molecule has 160 valence electrons. The number of fused-ring (bicyclic) bond motifs is 3. The van der Waals surface area contributed by atoms with Crippen molar-refractivity contribution in [1.82, 2.24) is 14.8 Å². The number of amides is 1. The van der Waals surface area contributed by atoms with Crippen LogP contribution in [0.25, 0.3) is 21.8 Å². The Hall–Kier alpha value is -3.52. The lowest BCUT2D eigenvalue weighted by Crippen LogP contribution is -2.35. The van der Waals surface area contributed by atoms with Gasteiger partial charge in [-0.25, -0.2) is 4.68 Å². The highest BCUT2D eigenvalue weighted by atomic mass is 35.5. The van der Waals surface area contributed by atoms with Gasteiger partial charge in [-0.05, 0) is 25.1 Å². The number of aromatic nitrogens is 3. The lowest BCUT2D eigenvalue weighted by atomic mass is 10.1. The number of aryl methyl sites for hydroxylation is 1. The summed E-state index contributed by atoms with van der Waals surface area (Å²) >= 11 is 6.22. The Bertz CT molecular complexity index is 1380. The van der Waals surface area contributed by atoms with Gasteiger partial charge in [-0.1, -0.05) is 23.2 Å². The van der Waals surface area contributed by atoms with E-state index in [0.29, 0.717) is 27.7 Å². The molecular formula is C22H21ClN4O4. The molecule has 1 amide bonds. The largest absolute Gasteiger partial charge is 0.495 e. The molecule has 2 aromatic carbocycles. The molecule has 0 unspecified atom stereocenters. The molecule has 8 nitrogen and oxygen atoms in total. The molecule has 0 saturated carbocycles. The minimum absolute atomic E-state index is 0.244. The van der Waals surface area contributed by atoms with Gasteiger partial charge in [0.15, 0.2) is 0 Å². The van der Waals surface area contributed by atoms with Crippen molar-refractivity contribution in [3.8, 4) is 11.5 Å². The minimum atomic E-state index is -0.368. The second kappa shape index (κ2) is 7.96. The van der Waals surface area contributed by atoms with E-state index >= 15 is 0 Å². The fraction of sp³-hybridized carbons (Fsp3) is 0.227. The van der Waals surface area contributed by atoms with Gasteiger partial charge in [-0.15, -0.1) is 0 Å². The number of nitrogens with zero attached hydrogens (tertiary/aromatic N) is 3. The van der Waals surface area contributed by atoms with E-state index in [0.717, 1.165) is 26.5 Å². The lowest BCUT2D eigenvalue weighted by Gasteiger charge is -2.21. The summed E-state index contributed by atoms with van der Waals surface area (Å²) in [5, 5.41) is 6.21. The summed E-state index contributed by atoms with van der Waals surface area (Å²) in [5.74, 6) is 0.486. The SMILES string of the molecule is COc1cc(OC)c(N(C)C(=O)Cn2ncc3c([nH]c4ccc(C)cc43)c2=O)cc1Cl. The third kappa shape index (κ3) is 3.59. The number of benzene rings is 2. The van der Waals surface area contributed by atoms with Gasteiger partial charge in [0.2, 0.25) is 5.91 Å². The predicted molar refractivity (Wildman–Crippen MR) is 121 cm³/mol. The Kier molecular flexibility index (Phi) is 5.32. The first-order valence-corrected chi connectivity index (χ1v) is 9.88. The summed E-state index contributed by atoms with van der Waals surface area (Å²) in [4.78, 5) is 30.4. The number of carbonyl (C=O) groups excluding carboxylic acids is 1. The van der Waals surface area contributed by atoms with Crippen LogP contribution in [-0.4, -0.2) is 41.9 Å². The number of hydrogen-bond donors (Lipinski definition) is 1. The van der Waals surface area contributed by atoms with Crippen LogP contribution in [-0.2, 0) is 11.3 Å². The van der Waals surface area contributed by atoms with Crippen molar-refractivity contribution in [2.75, 3.05) is 26.2 Å². The number of H-pyrrole nitrogens is 1. The van der Waals surface area contributed by atoms with Crippen LogP contribution in [0.2, 0.25) is 5.02 Å². The molecule has 4 rings (SSSR count). The van der Waals surface area contributed by atoms with Crippen molar-refractivity contribution in [3.05, 3.63) is 57.5 Å². The van der Waals surface area contributed by atoms with Crippen molar-refractivity contribution in [2.45, 2.75) is 13.5 Å². The van der Waals surface area contributed by atoms with Crippen molar-refractivity contribution < 1.29 is 14.3 Å². The molecule has 0 aliphatic rings. The van der Waals surface area contributed by atoms with Crippen LogP contribution in [0.4, 0.5) is 5.69 Å². The number of methoxy groups -OCH3 is 2. The number of nitrogens with one attached hydrogen (secondary N) is 1. The highest BCUT2D eigenvalue weighted by Crippen LogP contribution is 2.37. The third-order valence-corrected chi connectivity index (χ3v) is 5.54. The zero-order chi connectivity index (χ0) is 22.3. The Balaban J connectivity index is 1.68. The van der Waals surface area contributed by atoms with Crippen molar-refractivity contribution >= 4 is 45.0 Å². The number of likely N-dealkylation sites (N-methyl/N-ethyl adjacent to an activating group) is 1. The van der Waals surface area contributed by atoms with E-state index in [1.807, 2.05) is 25.1 Å². The summed E-state index contributed by atoms with van der Waals surface area (Å²) in [6.07, 6.45) is 1.60. The average molecular weight is 441 g/mol. The van der Waals surface area contributed by atoms with Crippen LogP contribution in [0.3, 0.4) is 0 Å². The maximum Gasteiger partial charge on any atom is 0.291 e. The van der Waals surface area contributed by atoms with E-state index in [1.165, 1.54) is 19.1 Å². The zero-order valence-electron chi connectivity index (χ0n) is 17.5. The van der Waals surface area contributed by atoms with Crippen LogP contribution >= 0.6 is 11.6 Å². The number of hydrogen-bond acceptors (Lipinski definition) is 5. The Morgan fingerprint density at radius 3 is 2.61 bits per heavy atom. The molecular weight excluding hydrogens is 420 g/mol. The molecule has 0 saturated heterocycles. The molecule has 0 bridgehead atoms.